The third-order valence-electron chi connectivity index (χ3n) is 3.95. The molecule has 1 atom stereocenters. The van der Waals surface area contributed by atoms with Crippen LogP contribution in [0.3, 0.4) is 0 Å². The lowest BCUT2D eigenvalue weighted by atomic mass is 10.0. The Hall–Kier alpha value is -2.92. The van der Waals surface area contributed by atoms with Crippen LogP contribution in [0.25, 0.3) is 0 Å². The molecule has 1 aromatic rings. The lowest BCUT2D eigenvalue weighted by Crippen LogP contribution is -2.50. The Bertz CT molecular complexity index is 923. The van der Waals surface area contributed by atoms with E-state index in [1.807, 2.05) is 0 Å². The van der Waals surface area contributed by atoms with E-state index in [1.165, 1.54) is 24.3 Å². The number of hydrogen-bond acceptors (Lipinski definition) is 7. The quantitative estimate of drug-likeness (QED) is 0.520. The number of benzene rings is 1. The van der Waals surface area contributed by atoms with Gasteiger partial charge in [0.1, 0.15) is 6.61 Å². The van der Waals surface area contributed by atoms with Crippen LogP contribution >= 0.6 is 0 Å². The molecule has 1 heterocycles. The van der Waals surface area contributed by atoms with Crippen molar-refractivity contribution in [2.75, 3.05) is 19.8 Å². The first-order valence-corrected chi connectivity index (χ1v) is 10.4. The van der Waals surface area contributed by atoms with E-state index in [-0.39, 0.29) is 41.5 Å². The average Bonchev–Trinajstić information content (AvgIpc) is 2.65. The Morgan fingerprint density at radius 2 is 1.76 bits per heavy atom. The zero-order valence-corrected chi connectivity index (χ0v) is 17.1. The molecule has 11 heteroatoms. The van der Waals surface area contributed by atoms with Crippen molar-refractivity contribution in [1.82, 2.24) is 15.4 Å². The first kappa shape index (κ1) is 22.4. The van der Waals surface area contributed by atoms with E-state index < -0.39 is 34.0 Å². The summed E-state index contributed by atoms with van der Waals surface area (Å²) in [5.41, 5.74) is 0.401. The van der Waals surface area contributed by atoms with Crippen LogP contribution in [0.15, 0.2) is 40.4 Å². The maximum absolute atomic E-state index is 12.3. The number of carbonyl (C=O) groups is 3. The first-order chi connectivity index (χ1) is 13.7. The monoisotopic (exact) mass is 425 g/mol. The smallest absolute Gasteiger partial charge is 0.338 e. The molecule has 1 aliphatic rings. The highest BCUT2D eigenvalue weighted by molar-refractivity contribution is 7.89. The summed E-state index contributed by atoms with van der Waals surface area (Å²) in [5.74, 6) is -1.37. The zero-order valence-electron chi connectivity index (χ0n) is 16.3. The van der Waals surface area contributed by atoms with E-state index in [0.717, 1.165) is 0 Å². The van der Waals surface area contributed by atoms with Gasteiger partial charge >= 0.3 is 18.0 Å². The molecule has 0 spiro atoms. The van der Waals surface area contributed by atoms with Gasteiger partial charge in [0.15, 0.2) is 0 Å². The van der Waals surface area contributed by atoms with Gasteiger partial charge in [-0.05, 0) is 38.1 Å². The summed E-state index contributed by atoms with van der Waals surface area (Å²) >= 11 is 0. The number of urea groups is 1. The van der Waals surface area contributed by atoms with E-state index >= 15 is 0 Å². The number of hydrogen-bond donors (Lipinski definition) is 3. The molecule has 3 N–H and O–H groups in total. The van der Waals surface area contributed by atoms with Gasteiger partial charge in [-0.3, -0.25) is 0 Å². The molecule has 0 radical (unpaired) electrons. The second-order valence-electron chi connectivity index (χ2n) is 6.03. The zero-order chi connectivity index (χ0) is 21.6. The number of amides is 2. The Morgan fingerprint density at radius 3 is 2.34 bits per heavy atom. The fraction of sp³-hybridized carbons (Fsp3) is 0.389. The molecule has 0 fully saturated rings. The van der Waals surface area contributed by atoms with Gasteiger partial charge in [0.05, 0.1) is 34.4 Å². The fourth-order valence-electron chi connectivity index (χ4n) is 2.66. The highest BCUT2D eigenvalue weighted by Gasteiger charge is 2.30. The van der Waals surface area contributed by atoms with E-state index in [1.54, 1.807) is 20.8 Å². The van der Waals surface area contributed by atoms with Gasteiger partial charge in [-0.25, -0.2) is 27.5 Å². The lowest BCUT2D eigenvalue weighted by molar-refractivity contribution is -0.139. The minimum absolute atomic E-state index is 0.0163. The van der Waals surface area contributed by atoms with Gasteiger partial charge in [-0.15, -0.1) is 0 Å². The minimum atomic E-state index is -3.63. The third kappa shape index (κ3) is 5.55. The van der Waals surface area contributed by atoms with Crippen molar-refractivity contribution in [3.63, 3.8) is 0 Å². The van der Waals surface area contributed by atoms with E-state index in [4.69, 9.17) is 9.47 Å². The molecule has 2 rings (SSSR count). The van der Waals surface area contributed by atoms with Gasteiger partial charge in [-0.2, -0.15) is 0 Å². The molecule has 158 valence electrons. The number of carbonyl (C=O) groups excluding carboxylic acids is 3. The fourth-order valence-corrected chi connectivity index (χ4v) is 3.70. The van der Waals surface area contributed by atoms with Gasteiger partial charge in [0.2, 0.25) is 10.0 Å². The minimum Gasteiger partial charge on any atom is -0.463 e. The number of nitrogens with one attached hydrogen (secondary N) is 3. The number of esters is 2. The van der Waals surface area contributed by atoms with Crippen LogP contribution in [0.5, 0.6) is 0 Å². The Labute approximate surface area is 168 Å². The highest BCUT2D eigenvalue weighted by Crippen LogP contribution is 2.16. The van der Waals surface area contributed by atoms with Gasteiger partial charge < -0.3 is 20.1 Å². The van der Waals surface area contributed by atoms with Crippen molar-refractivity contribution in [1.29, 1.82) is 0 Å². The molecule has 0 aliphatic carbocycles. The molecule has 29 heavy (non-hydrogen) atoms. The standard InChI is InChI=1S/C18H23N3O7S/c1-4-19-29(25,26)13-8-6-12(7-9-13)16(22)28-10-14-15(17(23)27-5-2)11(3)20-18(24)21-14/h6-9,11,19H,4-5,10H2,1-3H3,(H2,20,21,24). The summed E-state index contributed by atoms with van der Waals surface area (Å²) in [4.78, 5) is 36.1. The van der Waals surface area contributed by atoms with Crippen LogP contribution in [0, 0.1) is 0 Å². The maximum atomic E-state index is 12.3. The van der Waals surface area contributed by atoms with Crippen molar-refractivity contribution in [3.05, 3.63) is 41.1 Å². The average molecular weight is 425 g/mol. The predicted molar refractivity (Wildman–Crippen MR) is 102 cm³/mol. The van der Waals surface area contributed by atoms with Crippen LogP contribution < -0.4 is 15.4 Å². The second kappa shape index (κ2) is 9.52. The molecule has 1 unspecified atom stereocenters. The molecule has 0 aromatic heterocycles. The van der Waals surface area contributed by atoms with Gasteiger partial charge in [0.25, 0.3) is 0 Å². The lowest BCUT2D eigenvalue weighted by Gasteiger charge is -2.26. The molecular formula is C18H23N3O7S. The molecule has 0 bridgehead atoms. The van der Waals surface area contributed by atoms with E-state index in [2.05, 4.69) is 15.4 Å². The molecule has 0 saturated carbocycles. The molecule has 10 nitrogen and oxygen atoms in total. The summed E-state index contributed by atoms with van der Waals surface area (Å²) < 4.78 is 36.4. The summed E-state index contributed by atoms with van der Waals surface area (Å²) in [6, 6.07) is 4.05. The van der Waals surface area contributed by atoms with Crippen molar-refractivity contribution in [2.24, 2.45) is 0 Å². The predicted octanol–water partition coefficient (Wildman–Crippen LogP) is 0.660. The SMILES string of the molecule is CCNS(=O)(=O)c1ccc(C(=O)OCC2=C(C(=O)OCC)C(C)NC(=O)N2)cc1. The summed E-state index contributed by atoms with van der Waals surface area (Å²) in [6.07, 6.45) is 0. The summed E-state index contributed by atoms with van der Waals surface area (Å²) in [5, 5.41) is 4.99. The molecule has 2 amide bonds. The summed E-state index contributed by atoms with van der Waals surface area (Å²) in [7, 11) is -3.63. The van der Waals surface area contributed by atoms with Crippen LogP contribution in [0.2, 0.25) is 0 Å². The summed E-state index contributed by atoms with van der Waals surface area (Å²) in [6.45, 7) is 4.94. The highest BCUT2D eigenvalue weighted by atomic mass is 32.2. The first-order valence-electron chi connectivity index (χ1n) is 8.94. The van der Waals surface area contributed by atoms with E-state index in [9.17, 15) is 22.8 Å². The van der Waals surface area contributed by atoms with E-state index in [0.29, 0.717) is 0 Å². The Kier molecular flexibility index (Phi) is 7.35. The molecule has 1 aliphatic heterocycles. The van der Waals surface area contributed by atoms with Crippen molar-refractivity contribution in [3.8, 4) is 0 Å². The van der Waals surface area contributed by atoms with Gasteiger partial charge in [-0.1, -0.05) is 6.92 Å². The van der Waals surface area contributed by atoms with Crippen molar-refractivity contribution >= 4 is 28.0 Å². The normalized spacial score (nSPS) is 16.7. The number of sulfonamides is 1. The second-order valence-corrected chi connectivity index (χ2v) is 7.80. The molecule has 1 aromatic carbocycles. The molecule has 0 saturated heterocycles. The topological polar surface area (TPSA) is 140 Å². The van der Waals surface area contributed by atoms with Crippen molar-refractivity contribution < 1.29 is 32.3 Å². The Balaban J connectivity index is 2.14. The maximum Gasteiger partial charge on any atom is 0.338 e. The van der Waals surface area contributed by atoms with Crippen LogP contribution in [-0.2, 0) is 24.3 Å². The third-order valence-corrected chi connectivity index (χ3v) is 5.51. The van der Waals surface area contributed by atoms with Crippen molar-refractivity contribution in [2.45, 2.75) is 31.7 Å². The largest absolute Gasteiger partial charge is 0.463 e. The molecular weight excluding hydrogens is 402 g/mol. The Morgan fingerprint density at radius 1 is 1.10 bits per heavy atom. The van der Waals surface area contributed by atoms with Crippen LogP contribution in [0.1, 0.15) is 31.1 Å². The van der Waals surface area contributed by atoms with Crippen LogP contribution in [0.4, 0.5) is 4.79 Å². The van der Waals surface area contributed by atoms with Crippen LogP contribution in [-0.4, -0.2) is 52.2 Å². The van der Waals surface area contributed by atoms with Gasteiger partial charge in [0, 0.05) is 6.54 Å². The number of ether oxygens (including phenoxy) is 2. The number of rotatable bonds is 8.